The number of carbonyl (C=O) groups is 2. The summed E-state index contributed by atoms with van der Waals surface area (Å²) in [6.07, 6.45) is 0.0377. The van der Waals surface area contributed by atoms with Gasteiger partial charge in [0.2, 0.25) is 11.8 Å². The summed E-state index contributed by atoms with van der Waals surface area (Å²) in [5, 5.41) is 5.71. The molecule has 4 aromatic rings. The Labute approximate surface area is 186 Å². The topological polar surface area (TPSA) is 84.2 Å². The number of benzene rings is 3. The minimum Gasteiger partial charge on any atom is -0.441 e. The highest BCUT2D eigenvalue weighted by atomic mass is 16.4. The molecule has 2 amide bonds. The van der Waals surface area contributed by atoms with Gasteiger partial charge in [-0.3, -0.25) is 9.59 Å². The van der Waals surface area contributed by atoms with Gasteiger partial charge < -0.3 is 15.1 Å². The van der Waals surface area contributed by atoms with E-state index in [-0.39, 0.29) is 18.2 Å². The zero-order valence-corrected chi connectivity index (χ0v) is 17.9. The van der Waals surface area contributed by atoms with Gasteiger partial charge in [-0.05, 0) is 55.8 Å². The first kappa shape index (κ1) is 21.1. The molecule has 0 spiro atoms. The fourth-order valence-electron chi connectivity index (χ4n) is 3.35. The van der Waals surface area contributed by atoms with E-state index in [2.05, 4.69) is 15.6 Å². The Hall–Kier alpha value is -4.19. The van der Waals surface area contributed by atoms with Crippen molar-refractivity contribution in [2.75, 3.05) is 10.6 Å². The lowest BCUT2D eigenvalue weighted by atomic mass is 10.1. The Morgan fingerprint density at radius 3 is 2.41 bits per heavy atom. The van der Waals surface area contributed by atoms with Crippen LogP contribution in [0.5, 0.6) is 0 Å². The van der Waals surface area contributed by atoms with Gasteiger partial charge in [0.15, 0.2) is 0 Å². The smallest absolute Gasteiger partial charge is 0.257 e. The summed E-state index contributed by atoms with van der Waals surface area (Å²) in [4.78, 5) is 30.0. The van der Waals surface area contributed by atoms with Crippen LogP contribution in [-0.4, -0.2) is 16.8 Å². The standard InChI is InChI=1S/C26H23N3O3/c1-17-9-8-12-20(15-17)27-25(31)21-13-6-7-14-22(21)28-24(30)16-23-18(2)32-26(29-23)19-10-4-3-5-11-19/h3-15H,16H2,1-2H3,(H,27,31)(H,28,30). The lowest BCUT2D eigenvalue weighted by Crippen LogP contribution is -2.19. The molecule has 0 fully saturated rings. The van der Waals surface area contributed by atoms with Gasteiger partial charge in [0.25, 0.3) is 5.91 Å². The van der Waals surface area contributed by atoms with Gasteiger partial charge in [0.1, 0.15) is 5.76 Å². The predicted molar refractivity (Wildman–Crippen MR) is 125 cm³/mol. The van der Waals surface area contributed by atoms with E-state index in [1.54, 1.807) is 31.2 Å². The molecule has 0 saturated heterocycles. The minimum absolute atomic E-state index is 0.0377. The van der Waals surface area contributed by atoms with Crippen molar-refractivity contribution in [3.8, 4) is 11.5 Å². The molecule has 6 heteroatoms. The van der Waals surface area contributed by atoms with Crippen molar-refractivity contribution in [1.29, 1.82) is 0 Å². The van der Waals surface area contributed by atoms with Crippen molar-refractivity contribution in [2.45, 2.75) is 20.3 Å². The molecule has 0 unspecified atom stereocenters. The average molecular weight is 425 g/mol. The van der Waals surface area contributed by atoms with Crippen molar-refractivity contribution in [3.63, 3.8) is 0 Å². The Morgan fingerprint density at radius 1 is 0.875 bits per heavy atom. The molecule has 0 radical (unpaired) electrons. The molecule has 0 bridgehead atoms. The number of nitrogens with one attached hydrogen (secondary N) is 2. The highest BCUT2D eigenvalue weighted by Gasteiger charge is 2.17. The van der Waals surface area contributed by atoms with Gasteiger partial charge in [-0.25, -0.2) is 4.98 Å². The van der Waals surface area contributed by atoms with E-state index in [0.717, 1.165) is 11.1 Å². The molecule has 0 aliphatic rings. The molecule has 2 N–H and O–H groups in total. The zero-order chi connectivity index (χ0) is 22.5. The third-order valence-electron chi connectivity index (χ3n) is 4.96. The second-order valence-electron chi connectivity index (χ2n) is 7.48. The van der Waals surface area contributed by atoms with E-state index in [1.165, 1.54) is 0 Å². The van der Waals surface area contributed by atoms with Crippen LogP contribution in [0.25, 0.3) is 11.5 Å². The summed E-state index contributed by atoms with van der Waals surface area (Å²) < 4.78 is 5.73. The average Bonchev–Trinajstić information content (AvgIpc) is 3.15. The molecule has 160 valence electrons. The van der Waals surface area contributed by atoms with E-state index in [9.17, 15) is 9.59 Å². The first-order valence-corrected chi connectivity index (χ1v) is 10.3. The first-order chi connectivity index (χ1) is 15.5. The molecular weight excluding hydrogens is 402 g/mol. The number of amides is 2. The molecule has 3 aromatic carbocycles. The minimum atomic E-state index is -0.296. The third-order valence-corrected chi connectivity index (χ3v) is 4.96. The van der Waals surface area contributed by atoms with Crippen molar-refractivity contribution in [3.05, 3.63) is 101 Å². The van der Waals surface area contributed by atoms with Gasteiger partial charge in [0, 0.05) is 11.3 Å². The first-order valence-electron chi connectivity index (χ1n) is 10.3. The molecule has 1 heterocycles. The number of para-hydroxylation sites is 1. The molecule has 0 aliphatic heterocycles. The van der Waals surface area contributed by atoms with Gasteiger partial charge in [-0.15, -0.1) is 0 Å². The molecule has 4 rings (SSSR count). The van der Waals surface area contributed by atoms with Crippen LogP contribution in [0.15, 0.2) is 83.3 Å². The summed E-state index contributed by atoms with van der Waals surface area (Å²) in [6.45, 7) is 3.74. The van der Waals surface area contributed by atoms with Crippen LogP contribution in [0.2, 0.25) is 0 Å². The van der Waals surface area contributed by atoms with Crippen molar-refractivity contribution in [1.82, 2.24) is 4.98 Å². The van der Waals surface area contributed by atoms with Crippen LogP contribution >= 0.6 is 0 Å². The van der Waals surface area contributed by atoms with Crippen molar-refractivity contribution < 1.29 is 14.0 Å². The number of aryl methyl sites for hydroxylation is 2. The highest BCUT2D eigenvalue weighted by molar-refractivity contribution is 6.10. The predicted octanol–water partition coefficient (Wildman–Crippen LogP) is 5.39. The van der Waals surface area contributed by atoms with E-state index in [0.29, 0.717) is 34.3 Å². The van der Waals surface area contributed by atoms with E-state index in [1.807, 2.05) is 61.5 Å². The number of carbonyl (C=O) groups excluding carboxylic acids is 2. The lowest BCUT2D eigenvalue weighted by molar-refractivity contribution is -0.115. The number of anilines is 2. The Balaban J connectivity index is 1.47. The number of aromatic nitrogens is 1. The van der Waals surface area contributed by atoms with Gasteiger partial charge in [0.05, 0.1) is 23.4 Å². The van der Waals surface area contributed by atoms with Crippen LogP contribution in [0, 0.1) is 13.8 Å². The monoisotopic (exact) mass is 425 g/mol. The lowest BCUT2D eigenvalue weighted by Gasteiger charge is -2.11. The van der Waals surface area contributed by atoms with E-state index < -0.39 is 0 Å². The third kappa shape index (κ3) is 4.92. The van der Waals surface area contributed by atoms with E-state index in [4.69, 9.17) is 4.42 Å². The molecule has 0 saturated carbocycles. The summed E-state index contributed by atoms with van der Waals surface area (Å²) in [7, 11) is 0. The molecule has 32 heavy (non-hydrogen) atoms. The fourth-order valence-corrected chi connectivity index (χ4v) is 3.35. The van der Waals surface area contributed by atoms with Crippen LogP contribution in [-0.2, 0) is 11.2 Å². The zero-order valence-electron chi connectivity index (χ0n) is 17.9. The van der Waals surface area contributed by atoms with Crippen LogP contribution < -0.4 is 10.6 Å². The Morgan fingerprint density at radius 2 is 1.62 bits per heavy atom. The summed E-state index contributed by atoms with van der Waals surface area (Å²) in [6, 6.07) is 24.0. The fraction of sp³-hybridized carbons (Fsp3) is 0.115. The number of nitrogens with zero attached hydrogens (tertiary/aromatic N) is 1. The second kappa shape index (κ2) is 9.31. The van der Waals surface area contributed by atoms with Gasteiger partial charge in [-0.2, -0.15) is 0 Å². The van der Waals surface area contributed by atoms with Crippen LogP contribution in [0.3, 0.4) is 0 Å². The Kier molecular flexibility index (Phi) is 6.12. The van der Waals surface area contributed by atoms with Crippen LogP contribution in [0.1, 0.15) is 27.4 Å². The largest absolute Gasteiger partial charge is 0.441 e. The SMILES string of the molecule is Cc1cccc(NC(=O)c2ccccc2NC(=O)Cc2nc(-c3ccccc3)oc2C)c1. The maximum atomic E-state index is 12.8. The summed E-state index contributed by atoms with van der Waals surface area (Å²) in [5.41, 5.74) is 3.96. The number of hydrogen-bond donors (Lipinski definition) is 2. The molecular formula is C26H23N3O3. The van der Waals surface area contributed by atoms with Gasteiger partial charge >= 0.3 is 0 Å². The highest BCUT2D eigenvalue weighted by Crippen LogP contribution is 2.23. The quantitative estimate of drug-likeness (QED) is 0.434. The number of rotatable bonds is 6. The van der Waals surface area contributed by atoms with Crippen molar-refractivity contribution >= 4 is 23.2 Å². The molecule has 0 atom stereocenters. The summed E-state index contributed by atoms with van der Waals surface area (Å²) >= 11 is 0. The second-order valence-corrected chi connectivity index (χ2v) is 7.48. The maximum Gasteiger partial charge on any atom is 0.257 e. The summed E-state index contributed by atoms with van der Waals surface area (Å²) in [5.74, 6) is 0.487. The van der Waals surface area contributed by atoms with Gasteiger partial charge in [-0.1, -0.05) is 42.5 Å². The van der Waals surface area contributed by atoms with Crippen molar-refractivity contribution in [2.24, 2.45) is 0 Å². The Bertz CT molecular complexity index is 1260. The number of hydrogen-bond acceptors (Lipinski definition) is 4. The van der Waals surface area contributed by atoms with Crippen LogP contribution in [0.4, 0.5) is 11.4 Å². The maximum absolute atomic E-state index is 12.8. The molecule has 6 nitrogen and oxygen atoms in total. The number of oxazole rings is 1. The van der Waals surface area contributed by atoms with E-state index >= 15 is 0 Å². The molecule has 0 aliphatic carbocycles. The molecule has 1 aromatic heterocycles. The normalized spacial score (nSPS) is 10.6.